The summed E-state index contributed by atoms with van der Waals surface area (Å²) in [6.45, 7) is 0. The highest BCUT2D eigenvalue weighted by Crippen LogP contribution is 2.33. The van der Waals surface area contributed by atoms with Crippen molar-refractivity contribution in [1.82, 2.24) is 0 Å². The van der Waals surface area contributed by atoms with E-state index >= 15 is 0 Å². The molecule has 0 spiro atoms. The Morgan fingerprint density at radius 3 is 2.21 bits per heavy atom. The molecule has 0 bridgehead atoms. The van der Waals surface area contributed by atoms with Crippen molar-refractivity contribution in [2.75, 3.05) is 0 Å². The van der Waals surface area contributed by atoms with Crippen LogP contribution in [0.1, 0.15) is 11.7 Å². The molecule has 0 fully saturated rings. The number of aliphatic hydroxyl groups excluding tert-OH is 1. The molecule has 0 saturated heterocycles. The molecule has 1 atom stereocenters. The Balaban J connectivity index is 3.12. The van der Waals surface area contributed by atoms with Gasteiger partial charge in [0, 0.05) is 5.56 Å². The van der Waals surface area contributed by atoms with E-state index in [2.05, 4.69) is 0 Å². The minimum atomic E-state index is -5.01. The minimum absolute atomic E-state index is 0.313. The SMILES string of the molecule is O[C@H](c1cc(F)ccc1F)C(F)(F)F. The zero-order chi connectivity index (χ0) is 10.9. The van der Waals surface area contributed by atoms with Gasteiger partial charge in [0.2, 0.25) is 0 Å². The van der Waals surface area contributed by atoms with E-state index in [1.54, 1.807) is 0 Å². The predicted octanol–water partition coefficient (Wildman–Crippen LogP) is 2.56. The second-order valence-electron chi connectivity index (χ2n) is 2.61. The Labute approximate surface area is 75.8 Å². The van der Waals surface area contributed by atoms with Gasteiger partial charge in [-0.05, 0) is 18.2 Å². The lowest BCUT2D eigenvalue weighted by atomic mass is 10.1. The molecule has 1 nitrogen and oxygen atoms in total. The third kappa shape index (κ3) is 2.20. The van der Waals surface area contributed by atoms with Crippen LogP contribution in [0.5, 0.6) is 0 Å². The zero-order valence-corrected chi connectivity index (χ0v) is 6.65. The maximum absolute atomic E-state index is 12.7. The highest BCUT2D eigenvalue weighted by molar-refractivity contribution is 5.22. The maximum atomic E-state index is 12.7. The zero-order valence-electron chi connectivity index (χ0n) is 6.65. The van der Waals surface area contributed by atoms with Crippen LogP contribution in [-0.4, -0.2) is 11.3 Å². The summed E-state index contributed by atoms with van der Waals surface area (Å²) in [5.74, 6) is -2.33. The van der Waals surface area contributed by atoms with Gasteiger partial charge in [0.05, 0.1) is 0 Å². The van der Waals surface area contributed by atoms with Crippen LogP contribution in [0.3, 0.4) is 0 Å². The van der Waals surface area contributed by atoms with E-state index < -0.39 is 29.5 Å². The van der Waals surface area contributed by atoms with Gasteiger partial charge in [-0.15, -0.1) is 0 Å². The van der Waals surface area contributed by atoms with Crippen LogP contribution in [0.25, 0.3) is 0 Å². The van der Waals surface area contributed by atoms with E-state index in [0.29, 0.717) is 18.2 Å². The summed E-state index contributed by atoms with van der Waals surface area (Å²) < 4.78 is 60.9. The van der Waals surface area contributed by atoms with Crippen molar-refractivity contribution in [2.45, 2.75) is 12.3 Å². The first-order valence-electron chi connectivity index (χ1n) is 3.52. The van der Waals surface area contributed by atoms with Crippen LogP contribution in [0.2, 0.25) is 0 Å². The maximum Gasteiger partial charge on any atom is 0.418 e. The Morgan fingerprint density at radius 2 is 1.71 bits per heavy atom. The summed E-state index contributed by atoms with van der Waals surface area (Å²) in [5.41, 5.74) is -1.11. The molecule has 0 radical (unpaired) electrons. The van der Waals surface area contributed by atoms with Crippen LogP contribution in [-0.2, 0) is 0 Å². The number of hydrogen-bond donors (Lipinski definition) is 1. The third-order valence-electron chi connectivity index (χ3n) is 1.56. The van der Waals surface area contributed by atoms with Crippen LogP contribution >= 0.6 is 0 Å². The van der Waals surface area contributed by atoms with E-state index in [0.717, 1.165) is 0 Å². The third-order valence-corrected chi connectivity index (χ3v) is 1.56. The molecule has 0 amide bonds. The first-order chi connectivity index (χ1) is 6.32. The second-order valence-corrected chi connectivity index (χ2v) is 2.61. The van der Waals surface area contributed by atoms with Gasteiger partial charge in [0.15, 0.2) is 6.10 Å². The average molecular weight is 212 g/mol. The van der Waals surface area contributed by atoms with E-state index in [4.69, 9.17) is 5.11 Å². The molecule has 0 aliphatic rings. The fourth-order valence-electron chi connectivity index (χ4n) is 0.900. The number of hydrogen-bond acceptors (Lipinski definition) is 1. The number of halogens is 5. The highest BCUT2D eigenvalue weighted by atomic mass is 19.4. The Morgan fingerprint density at radius 1 is 1.14 bits per heavy atom. The summed E-state index contributed by atoms with van der Waals surface area (Å²) in [6.07, 6.45) is -8.01. The fourth-order valence-corrected chi connectivity index (χ4v) is 0.900. The van der Waals surface area contributed by atoms with Crippen molar-refractivity contribution in [3.05, 3.63) is 35.4 Å². The number of rotatable bonds is 1. The van der Waals surface area contributed by atoms with Crippen molar-refractivity contribution in [3.63, 3.8) is 0 Å². The molecular formula is C8H5F5O. The van der Waals surface area contributed by atoms with Crippen molar-refractivity contribution >= 4 is 0 Å². The molecular weight excluding hydrogens is 207 g/mol. The largest absolute Gasteiger partial charge is 0.418 e. The quantitative estimate of drug-likeness (QED) is 0.709. The summed E-state index contributed by atoms with van der Waals surface area (Å²) >= 11 is 0. The van der Waals surface area contributed by atoms with Gasteiger partial charge in [0.1, 0.15) is 11.6 Å². The number of aliphatic hydroxyl groups is 1. The normalized spacial score (nSPS) is 14.1. The van der Waals surface area contributed by atoms with Crippen molar-refractivity contribution < 1.29 is 27.1 Å². The lowest BCUT2D eigenvalue weighted by molar-refractivity contribution is -0.207. The Kier molecular flexibility index (Phi) is 2.75. The van der Waals surface area contributed by atoms with Gasteiger partial charge in [-0.25, -0.2) is 8.78 Å². The standard InChI is InChI=1S/C8H5F5O/c9-4-1-2-6(10)5(3-4)7(14)8(11,12)13/h1-3,7,14H/t7-/m1/s1. The summed E-state index contributed by atoms with van der Waals surface area (Å²) in [6, 6.07) is 1.51. The summed E-state index contributed by atoms with van der Waals surface area (Å²) in [4.78, 5) is 0. The van der Waals surface area contributed by atoms with Crippen LogP contribution in [0.15, 0.2) is 18.2 Å². The summed E-state index contributed by atoms with van der Waals surface area (Å²) in [5, 5.41) is 8.63. The molecule has 14 heavy (non-hydrogen) atoms. The molecule has 0 heterocycles. The molecule has 0 unspecified atom stereocenters. The first kappa shape index (κ1) is 10.9. The lowest BCUT2D eigenvalue weighted by Gasteiger charge is -2.15. The highest BCUT2D eigenvalue weighted by Gasteiger charge is 2.40. The van der Waals surface area contributed by atoms with Gasteiger partial charge >= 0.3 is 6.18 Å². The van der Waals surface area contributed by atoms with Gasteiger partial charge in [-0.2, -0.15) is 13.2 Å². The number of benzene rings is 1. The molecule has 6 heteroatoms. The monoisotopic (exact) mass is 212 g/mol. The van der Waals surface area contributed by atoms with E-state index in [-0.39, 0.29) is 0 Å². The molecule has 1 rings (SSSR count). The van der Waals surface area contributed by atoms with Gasteiger partial charge in [-0.3, -0.25) is 0 Å². The summed E-state index contributed by atoms with van der Waals surface area (Å²) in [7, 11) is 0. The van der Waals surface area contributed by atoms with Gasteiger partial charge in [0.25, 0.3) is 0 Å². The first-order valence-corrected chi connectivity index (χ1v) is 3.52. The molecule has 1 aromatic carbocycles. The van der Waals surface area contributed by atoms with Crippen molar-refractivity contribution in [2.24, 2.45) is 0 Å². The van der Waals surface area contributed by atoms with Gasteiger partial charge in [-0.1, -0.05) is 0 Å². The topological polar surface area (TPSA) is 20.2 Å². The Hall–Kier alpha value is -1.17. The lowest BCUT2D eigenvalue weighted by Crippen LogP contribution is -2.21. The predicted molar refractivity (Wildman–Crippen MR) is 37.4 cm³/mol. The van der Waals surface area contributed by atoms with Crippen molar-refractivity contribution in [1.29, 1.82) is 0 Å². The minimum Gasteiger partial charge on any atom is -0.379 e. The molecule has 0 saturated carbocycles. The van der Waals surface area contributed by atoms with E-state index in [9.17, 15) is 22.0 Å². The fraction of sp³-hybridized carbons (Fsp3) is 0.250. The molecule has 0 aliphatic heterocycles. The second kappa shape index (κ2) is 3.53. The molecule has 78 valence electrons. The van der Waals surface area contributed by atoms with E-state index in [1.165, 1.54) is 0 Å². The van der Waals surface area contributed by atoms with Crippen LogP contribution in [0, 0.1) is 11.6 Å². The Bertz CT molecular complexity index is 333. The number of alkyl halides is 3. The molecule has 1 aromatic rings. The molecule has 0 aromatic heterocycles. The van der Waals surface area contributed by atoms with Crippen LogP contribution < -0.4 is 0 Å². The van der Waals surface area contributed by atoms with Gasteiger partial charge < -0.3 is 5.11 Å². The average Bonchev–Trinajstić information content (AvgIpc) is 2.06. The van der Waals surface area contributed by atoms with E-state index in [1.807, 2.05) is 0 Å². The smallest absolute Gasteiger partial charge is 0.379 e. The van der Waals surface area contributed by atoms with Crippen molar-refractivity contribution in [3.8, 4) is 0 Å². The molecule has 0 aliphatic carbocycles. The molecule has 1 N–H and O–H groups in total. The van der Waals surface area contributed by atoms with Crippen LogP contribution in [0.4, 0.5) is 22.0 Å².